The van der Waals surface area contributed by atoms with E-state index in [1.807, 2.05) is 19.1 Å². The minimum atomic E-state index is -0.581. The van der Waals surface area contributed by atoms with E-state index in [0.29, 0.717) is 5.02 Å². The number of nitrogens with zero attached hydrogens (tertiary/aromatic N) is 4. The molecule has 0 aliphatic rings. The fourth-order valence-corrected chi connectivity index (χ4v) is 2.24. The van der Waals surface area contributed by atoms with Gasteiger partial charge in [0.2, 0.25) is 11.0 Å². The minimum Gasteiger partial charge on any atom is -0.347 e. The van der Waals surface area contributed by atoms with Crippen LogP contribution in [0.15, 0.2) is 30.6 Å². The van der Waals surface area contributed by atoms with E-state index in [4.69, 9.17) is 23.2 Å². The fourth-order valence-electron chi connectivity index (χ4n) is 1.91. The third-order valence-electron chi connectivity index (χ3n) is 3.21. The van der Waals surface area contributed by atoms with E-state index in [1.54, 1.807) is 24.1 Å². The van der Waals surface area contributed by atoms with Crippen LogP contribution in [0.5, 0.6) is 0 Å². The standard InChI is InChI=1S/C13H12Cl2N4O2/c1-8(9-3-5-10(14)6-4-9)18(2)13-11(19(20)21)12(15)16-7-17-13/h3-8H,1-2H3. The van der Waals surface area contributed by atoms with Crippen LogP contribution in [0.1, 0.15) is 18.5 Å². The molecular formula is C13H12Cl2N4O2. The molecule has 110 valence electrons. The number of rotatable bonds is 4. The van der Waals surface area contributed by atoms with Crippen molar-refractivity contribution in [1.82, 2.24) is 9.97 Å². The van der Waals surface area contributed by atoms with Gasteiger partial charge < -0.3 is 4.90 Å². The summed E-state index contributed by atoms with van der Waals surface area (Å²) in [6.07, 6.45) is 1.20. The van der Waals surface area contributed by atoms with Gasteiger partial charge in [-0.05, 0) is 24.6 Å². The summed E-state index contributed by atoms with van der Waals surface area (Å²) in [7, 11) is 1.71. The largest absolute Gasteiger partial charge is 0.348 e. The molecule has 1 unspecified atom stereocenters. The zero-order chi connectivity index (χ0) is 15.6. The Kier molecular flexibility index (Phi) is 4.59. The maximum absolute atomic E-state index is 11.1. The van der Waals surface area contributed by atoms with E-state index in [1.165, 1.54) is 6.33 Å². The highest BCUT2D eigenvalue weighted by molar-refractivity contribution is 6.31. The predicted molar refractivity (Wildman–Crippen MR) is 82.0 cm³/mol. The Labute approximate surface area is 131 Å². The zero-order valence-corrected chi connectivity index (χ0v) is 12.8. The van der Waals surface area contributed by atoms with E-state index in [9.17, 15) is 10.1 Å². The highest BCUT2D eigenvalue weighted by atomic mass is 35.5. The van der Waals surface area contributed by atoms with Crippen LogP contribution < -0.4 is 4.90 Å². The topological polar surface area (TPSA) is 72.2 Å². The van der Waals surface area contributed by atoms with Gasteiger partial charge in [-0.3, -0.25) is 10.1 Å². The molecule has 0 saturated heterocycles. The number of anilines is 1. The summed E-state index contributed by atoms with van der Waals surface area (Å²) in [5.41, 5.74) is 0.647. The Hall–Kier alpha value is -1.92. The number of halogens is 2. The predicted octanol–water partition coefficient (Wildman–Crippen LogP) is 3.89. The smallest absolute Gasteiger partial charge is 0.347 e. The van der Waals surface area contributed by atoms with Crippen LogP contribution >= 0.6 is 23.2 Å². The van der Waals surface area contributed by atoms with Gasteiger partial charge in [-0.25, -0.2) is 9.97 Å². The molecule has 1 atom stereocenters. The quantitative estimate of drug-likeness (QED) is 0.484. The fraction of sp³-hybridized carbons (Fsp3) is 0.231. The Balaban J connectivity index is 2.40. The molecule has 0 fully saturated rings. The molecule has 0 spiro atoms. The van der Waals surface area contributed by atoms with Gasteiger partial charge in [-0.1, -0.05) is 35.3 Å². The van der Waals surface area contributed by atoms with E-state index >= 15 is 0 Å². The van der Waals surface area contributed by atoms with Crippen LogP contribution in [-0.2, 0) is 0 Å². The molecule has 2 aromatic rings. The lowest BCUT2D eigenvalue weighted by Gasteiger charge is -2.25. The van der Waals surface area contributed by atoms with Gasteiger partial charge in [0.05, 0.1) is 11.0 Å². The van der Waals surface area contributed by atoms with Crippen molar-refractivity contribution in [2.24, 2.45) is 0 Å². The molecule has 1 aromatic carbocycles. The molecule has 8 heteroatoms. The van der Waals surface area contributed by atoms with Crippen molar-refractivity contribution in [2.45, 2.75) is 13.0 Å². The molecule has 0 aliphatic carbocycles. The number of aromatic nitrogens is 2. The number of benzene rings is 1. The zero-order valence-electron chi connectivity index (χ0n) is 11.3. The first-order valence-electron chi connectivity index (χ1n) is 6.05. The maximum Gasteiger partial charge on any atom is 0.348 e. The first-order valence-corrected chi connectivity index (χ1v) is 6.80. The van der Waals surface area contributed by atoms with E-state index in [-0.39, 0.29) is 22.7 Å². The van der Waals surface area contributed by atoms with Gasteiger partial charge in [0.15, 0.2) is 0 Å². The third kappa shape index (κ3) is 3.22. The Morgan fingerprint density at radius 1 is 1.24 bits per heavy atom. The summed E-state index contributed by atoms with van der Waals surface area (Å²) >= 11 is 11.7. The van der Waals surface area contributed by atoms with Crippen LogP contribution in [0.25, 0.3) is 0 Å². The molecule has 0 bridgehead atoms. The third-order valence-corrected chi connectivity index (χ3v) is 3.74. The van der Waals surface area contributed by atoms with Gasteiger partial charge in [0.1, 0.15) is 6.33 Å². The normalized spacial score (nSPS) is 12.0. The van der Waals surface area contributed by atoms with E-state index in [0.717, 1.165) is 5.56 Å². The molecule has 0 amide bonds. The SMILES string of the molecule is CC(c1ccc(Cl)cc1)N(C)c1ncnc(Cl)c1[N+](=O)[O-]. The number of hydrogen-bond acceptors (Lipinski definition) is 5. The molecule has 21 heavy (non-hydrogen) atoms. The van der Waals surface area contributed by atoms with E-state index < -0.39 is 4.92 Å². The van der Waals surface area contributed by atoms with Gasteiger partial charge in [0, 0.05) is 12.1 Å². The van der Waals surface area contributed by atoms with Crippen molar-refractivity contribution in [3.8, 4) is 0 Å². The average molecular weight is 327 g/mol. The van der Waals surface area contributed by atoms with Crippen molar-refractivity contribution in [1.29, 1.82) is 0 Å². The summed E-state index contributed by atoms with van der Waals surface area (Å²) in [6.45, 7) is 1.91. The van der Waals surface area contributed by atoms with Crippen LogP contribution in [-0.4, -0.2) is 21.9 Å². The number of hydrogen-bond donors (Lipinski definition) is 0. The lowest BCUT2D eigenvalue weighted by molar-refractivity contribution is -0.384. The van der Waals surface area contributed by atoms with E-state index in [2.05, 4.69) is 9.97 Å². The van der Waals surface area contributed by atoms with Crippen molar-refractivity contribution in [2.75, 3.05) is 11.9 Å². The second-order valence-electron chi connectivity index (χ2n) is 4.43. The van der Waals surface area contributed by atoms with Crippen molar-refractivity contribution in [3.63, 3.8) is 0 Å². The Bertz CT molecular complexity index is 664. The second-order valence-corrected chi connectivity index (χ2v) is 5.23. The highest BCUT2D eigenvalue weighted by Crippen LogP contribution is 2.34. The first-order chi connectivity index (χ1) is 9.91. The summed E-state index contributed by atoms with van der Waals surface area (Å²) in [6, 6.07) is 7.11. The van der Waals surface area contributed by atoms with Gasteiger partial charge in [0.25, 0.3) is 0 Å². The monoisotopic (exact) mass is 326 g/mol. The second kappa shape index (κ2) is 6.24. The average Bonchev–Trinajstić information content (AvgIpc) is 2.46. The minimum absolute atomic E-state index is 0.146. The molecule has 2 rings (SSSR count). The molecule has 0 saturated carbocycles. The van der Waals surface area contributed by atoms with Gasteiger partial charge in [-0.15, -0.1) is 0 Å². The summed E-state index contributed by atoms with van der Waals surface area (Å²) in [5, 5.41) is 11.6. The summed E-state index contributed by atoms with van der Waals surface area (Å²) < 4.78 is 0. The van der Waals surface area contributed by atoms with Gasteiger partial charge >= 0.3 is 5.69 Å². The molecular weight excluding hydrogens is 315 g/mol. The highest BCUT2D eigenvalue weighted by Gasteiger charge is 2.27. The van der Waals surface area contributed by atoms with Crippen LogP contribution in [0, 0.1) is 10.1 Å². The Morgan fingerprint density at radius 3 is 2.43 bits per heavy atom. The number of nitro groups is 1. The maximum atomic E-state index is 11.1. The van der Waals surface area contributed by atoms with Crippen molar-refractivity contribution >= 4 is 34.7 Å². The van der Waals surface area contributed by atoms with Crippen LogP contribution in [0.2, 0.25) is 10.2 Å². The molecule has 0 aliphatic heterocycles. The first kappa shape index (κ1) is 15.5. The summed E-state index contributed by atoms with van der Waals surface area (Å²) in [4.78, 5) is 19.9. The lowest BCUT2D eigenvalue weighted by atomic mass is 10.1. The van der Waals surface area contributed by atoms with Crippen molar-refractivity contribution < 1.29 is 4.92 Å². The molecule has 1 aromatic heterocycles. The van der Waals surface area contributed by atoms with Crippen LogP contribution in [0.4, 0.5) is 11.5 Å². The molecule has 0 radical (unpaired) electrons. The van der Waals surface area contributed by atoms with Crippen molar-refractivity contribution in [3.05, 3.63) is 56.4 Å². The van der Waals surface area contributed by atoms with Gasteiger partial charge in [-0.2, -0.15) is 0 Å². The lowest BCUT2D eigenvalue weighted by Crippen LogP contribution is -2.23. The molecule has 0 N–H and O–H groups in total. The molecule has 1 heterocycles. The van der Waals surface area contributed by atoms with Crippen LogP contribution in [0.3, 0.4) is 0 Å². The molecule has 6 nitrogen and oxygen atoms in total. The summed E-state index contributed by atoms with van der Waals surface area (Å²) in [5.74, 6) is 0.169. The Morgan fingerprint density at radius 2 is 1.86 bits per heavy atom.